The molecule has 146 valence electrons. The molecule has 0 spiro atoms. The lowest BCUT2D eigenvalue weighted by Gasteiger charge is -2.35. The Kier molecular flexibility index (Phi) is 5.74. The molecule has 7 nitrogen and oxygen atoms in total. The highest BCUT2D eigenvalue weighted by molar-refractivity contribution is 6.31. The number of hydrogen-bond donors (Lipinski definition) is 3. The third kappa shape index (κ3) is 4.10. The summed E-state index contributed by atoms with van der Waals surface area (Å²) in [6.07, 6.45) is 0.188. The zero-order valence-corrected chi connectivity index (χ0v) is 16.6. The lowest BCUT2D eigenvalue weighted by Crippen LogP contribution is -3.19. The fourth-order valence-corrected chi connectivity index (χ4v) is 3.81. The van der Waals surface area contributed by atoms with Crippen molar-refractivity contribution in [1.29, 1.82) is 0 Å². The maximum atomic E-state index is 12.9. The Hall–Kier alpha value is -2.09. The van der Waals surface area contributed by atoms with Gasteiger partial charge in [0, 0.05) is 15.9 Å². The lowest BCUT2D eigenvalue weighted by molar-refractivity contribution is -0.928. The van der Waals surface area contributed by atoms with Gasteiger partial charge in [0.25, 0.3) is 5.91 Å². The molecule has 1 fully saturated rings. The van der Waals surface area contributed by atoms with Crippen LogP contribution in [-0.4, -0.2) is 55.3 Å². The number of carbonyl (C=O) groups excluding carboxylic acids is 2. The number of halogens is 1. The molecule has 3 N–H and O–H groups in total. The number of nitrogens with one attached hydrogen (secondary N) is 3. The first kappa shape index (κ1) is 19.7. The number of methoxy groups -OCH3 is 1. The van der Waals surface area contributed by atoms with E-state index in [1.54, 1.807) is 18.2 Å². The number of esters is 1. The van der Waals surface area contributed by atoms with Crippen LogP contribution in [0.4, 0.5) is 5.69 Å². The van der Waals surface area contributed by atoms with Crippen LogP contribution in [0.5, 0.6) is 0 Å². The van der Waals surface area contributed by atoms with Crippen molar-refractivity contribution in [3.8, 4) is 0 Å². The molecule has 2 aromatic rings. The van der Waals surface area contributed by atoms with E-state index in [-0.39, 0.29) is 29.9 Å². The maximum absolute atomic E-state index is 12.9. The number of benzene rings is 1. The van der Waals surface area contributed by atoms with Crippen molar-refractivity contribution < 1.29 is 24.0 Å². The summed E-state index contributed by atoms with van der Waals surface area (Å²) in [6, 6.07) is 4.90. The van der Waals surface area contributed by atoms with E-state index in [1.807, 2.05) is 20.8 Å². The van der Waals surface area contributed by atoms with Crippen LogP contribution in [0.25, 0.3) is 10.9 Å². The number of H-pyrrole nitrogens is 1. The van der Waals surface area contributed by atoms with Crippen molar-refractivity contribution in [3.05, 3.63) is 28.9 Å². The van der Waals surface area contributed by atoms with E-state index in [2.05, 4.69) is 10.3 Å². The molecule has 1 amide bonds. The van der Waals surface area contributed by atoms with Gasteiger partial charge in [0.15, 0.2) is 6.04 Å². The van der Waals surface area contributed by atoms with Gasteiger partial charge in [-0.3, -0.25) is 4.79 Å². The van der Waals surface area contributed by atoms with Crippen molar-refractivity contribution in [2.75, 3.05) is 25.5 Å². The van der Waals surface area contributed by atoms with Crippen LogP contribution < -0.4 is 10.2 Å². The highest BCUT2D eigenvalue weighted by Gasteiger charge is 2.34. The Morgan fingerprint density at radius 3 is 2.63 bits per heavy atom. The quantitative estimate of drug-likeness (QED) is 0.688. The average molecular weight is 395 g/mol. The second kappa shape index (κ2) is 7.88. The Morgan fingerprint density at radius 2 is 2.00 bits per heavy atom. The first-order valence-corrected chi connectivity index (χ1v) is 9.38. The van der Waals surface area contributed by atoms with Gasteiger partial charge < -0.3 is 24.7 Å². The van der Waals surface area contributed by atoms with Crippen LogP contribution in [0.3, 0.4) is 0 Å². The van der Waals surface area contributed by atoms with Crippen LogP contribution in [0.2, 0.25) is 5.02 Å². The molecule has 27 heavy (non-hydrogen) atoms. The van der Waals surface area contributed by atoms with E-state index in [0.29, 0.717) is 21.6 Å². The van der Waals surface area contributed by atoms with E-state index in [9.17, 15) is 9.59 Å². The van der Waals surface area contributed by atoms with Crippen molar-refractivity contribution in [2.24, 2.45) is 0 Å². The van der Waals surface area contributed by atoms with Crippen molar-refractivity contribution in [3.63, 3.8) is 0 Å². The summed E-state index contributed by atoms with van der Waals surface area (Å²) in [4.78, 5) is 29.3. The number of rotatable bonds is 4. The molecular formula is C19H25ClN3O4+. The topological polar surface area (TPSA) is 84.9 Å². The normalized spacial score (nSPS) is 23.8. The predicted octanol–water partition coefficient (Wildman–Crippen LogP) is 1.63. The Bertz CT molecular complexity index is 856. The number of anilines is 1. The first-order chi connectivity index (χ1) is 12.8. The number of fused-ring (bicyclic) bond motifs is 1. The summed E-state index contributed by atoms with van der Waals surface area (Å²) in [7, 11) is 1.30. The summed E-state index contributed by atoms with van der Waals surface area (Å²) in [6.45, 7) is 7.41. The number of amides is 1. The zero-order chi connectivity index (χ0) is 19.7. The standard InChI is InChI=1S/C19H24ClN3O4/c1-10-8-23(9-11(2)27-10)12(3)18(24)22-16-14-7-13(20)5-6-15(14)21-17(16)19(25)26-4/h5-7,10-12,21H,8-9H2,1-4H3,(H,22,24)/p+1/t10-,11-,12-/m0/s1. The maximum Gasteiger partial charge on any atom is 0.356 e. The van der Waals surface area contributed by atoms with Gasteiger partial charge >= 0.3 is 5.97 Å². The Balaban J connectivity index is 1.89. The molecule has 1 aromatic heterocycles. The molecule has 1 aliphatic heterocycles. The second-order valence-electron chi connectivity index (χ2n) is 7.09. The van der Waals surface area contributed by atoms with Gasteiger partial charge in [-0.05, 0) is 39.0 Å². The smallest absolute Gasteiger partial charge is 0.356 e. The molecule has 0 saturated carbocycles. The van der Waals surface area contributed by atoms with Crippen LogP contribution in [0.15, 0.2) is 18.2 Å². The number of aromatic nitrogens is 1. The van der Waals surface area contributed by atoms with E-state index >= 15 is 0 Å². The number of ether oxygens (including phenoxy) is 2. The molecule has 3 rings (SSSR count). The van der Waals surface area contributed by atoms with Crippen molar-refractivity contribution in [2.45, 2.75) is 39.0 Å². The van der Waals surface area contributed by atoms with Crippen molar-refractivity contribution >= 4 is 40.1 Å². The number of morpholine rings is 1. The molecule has 8 heteroatoms. The molecule has 0 unspecified atom stereocenters. The van der Waals surface area contributed by atoms with E-state index in [0.717, 1.165) is 18.0 Å². The Morgan fingerprint density at radius 1 is 1.33 bits per heavy atom. The fourth-order valence-electron chi connectivity index (χ4n) is 3.63. The van der Waals surface area contributed by atoms with Gasteiger partial charge in [0.05, 0.1) is 12.8 Å². The number of carbonyl (C=O) groups is 2. The highest BCUT2D eigenvalue weighted by Crippen LogP contribution is 2.30. The third-order valence-electron chi connectivity index (χ3n) is 4.97. The summed E-state index contributed by atoms with van der Waals surface area (Å²) in [5, 5.41) is 4.10. The molecule has 2 heterocycles. The number of hydrogen-bond acceptors (Lipinski definition) is 4. The molecule has 1 aliphatic rings. The van der Waals surface area contributed by atoms with E-state index < -0.39 is 5.97 Å². The summed E-state index contributed by atoms with van der Waals surface area (Å²) >= 11 is 6.11. The molecular weight excluding hydrogens is 370 g/mol. The van der Waals surface area contributed by atoms with E-state index in [4.69, 9.17) is 21.1 Å². The van der Waals surface area contributed by atoms with Crippen LogP contribution in [0, 0.1) is 0 Å². The SMILES string of the molecule is COC(=O)c1[nH]c2ccc(Cl)cc2c1NC(=O)[C@H](C)[NH+]1C[C@H](C)O[C@@H](C)C1. The fraction of sp³-hybridized carbons (Fsp3) is 0.474. The van der Waals surface area contributed by atoms with Gasteiger partial charge in [-0.2, -0.15) is 0 Å². The number of quaternary nitrogens is 1. The molecule has 1 saturated heterocycles. The predicted molar refractivity (Wildman–Crippen MR) is 103 cm³/mol. The summed E-state index contributed by atoms with van der Waals surface area (Å²) in [5.74, 6) is -0.719. The molecule has 0 aliphatic carbocycles. The van der Waals surface area contributed by atoms with Gasteiger partial charge in [-0.1, -0.05) is 11.6 Å². The highest BCUT2D eigenvalue weighted by atomic mass is 35.5. The minimum atomic E-state index is -0.550. The monoisotopic (exact) mass is 394 g/mol. The first-order valence-electron chi connectivity index (χ1n) is 9.00. The largest absolute Gasteiger partial charge is 0.464 e. The summed E-state index contributed by atoms with van der Waals surface area (Å²) < 4.78 is 10.6. The summed E-state index contributed by atoms with van der Waals surface area (Å²) in [5.41, 5.74) is 1.29. The molecule has 0 bridgehead atoms. The van der Waals surface area contributed by atoms with E-state index in [1.165, 1.54) is 7.11 Å². The zero-order valence-electron chi connectivity index (χ0n) is 15.9. The molecule has 3 atom stereocenters. The van der Waals surface area contributed by atoms with Gasteiger partial charge in [-0.25, -0.2) is 4.79 Å². The van der Waals surface area contributed by atoms with Gasteiger partial charge in [0.1, 0.15) is 31.0 Å². The molecule has 1 aromatic carbocycles. The third-order valence-corrected chi connectivity index (χ3v) is 5.20. The van der Waals surface area contributed by atoms with Crippen LogP contribution >= 0.6 is 11.6 Å². The Labute approximate surface area is 162 Å². The lowest BCUT2D eigenvalue weighted by atomic mass is 10.1. The average Bonchev–Trinajstić information content (AvgIpc) is 2.97. The molecule has 0 radical (unpaired) electrons. The minimum absolute atomic E-state index is 0.0940. The minimum Gasteiger partial charge on any atom is -0.464 e. The second-order valence-corrected chi connectivity index (χ2v) is 7.53. The van der Waals surface area contributed by atoms with Gasteiger partial charge in [0.2, 0.25) is 0 Å². The number of aromatic amines is 1. The van der Waals surface area contributed by atoms with Gasteiger partial charge in [-0.15, -0.1) is 0 Å². The van der Waals surface area contributed by atoms with Crippen LogP contribution in [0.1, 0.15) is 31.3 Å². The van der Waals surface area contributed by atoms with Crippen molar-refractivity contribution in [1.82, 2.24) is 4.98 Å². The van der Waals surface area contributed by atoms with Crippen LogP contribution in [-0.2, 0) is 14.3 Å².